The summed E-state index contributed by atoms with van der Waals surface area (Å²) in [7, 11) is 3.30. The first kappa shape index (κ1) is 15.3. The summed E-state index contributed by atoms with van der Waals surface area (Å²) in [6.07, 6.45) is 3.51. The summed E-state index contributed by atoms with van der Waals surface area (Å²) < 4.78 is 16.1. The standard InChI is InChI=1S/C14H21BrO3/c1-16-13-8-12(9-14(10-13)17-2)11-18-7-5-3-4-6-15/h8-10H,3-7,11H2,1-2H3. The molecule has 0 fully saturated rings. The van der Waals surface area contributed by atoms with E-state index in [1.165, 1.54) is 12.8 Å². The van der Waals surface area contributed by atoms with Crippen LogP contribution in [0.4, 0.5) is 0 Å². The third kappa shape index (κ3) is 5.74. The molecule has 0 aliphatic carbocycles. The molecule has 0 saturated carbocycles. The first-order valence-electron chi connectivity index (χ1n) is 6.15. The molecule has 0 radical (unpaired) electrons. The van der Waals surface area contributed by atoms with Gasteiger partial charge in [-0.15, -0.1) is 0 Å². The molecule has 1 rings (SSSR count). The summed E-state index contributed by atoms with van der Waals surface area (Å²) in [5, 5.41) is 1.07. The average Bonchev–Trinajstić information content (AvgIpc) is 2.42. The van der Waals surface area contributed by atoms with Crippen LogP contribution in [-0.2, 0) is 11.3 Å². The van der Waals surface area contributed by atoms with Crippen LogP contribution in [0.3, 0.4) is 0 Å². The molecule has 3 nitrogen and oxygen atoms in total. The number of rotatable bonds is 9. The molecular formula is C14H21BrO3. The zero-order valence-electron chi connectivity index (χ0n) is 11.1. The van der Waals surface area contributed by atoms with Crippen LogP contribution in [0.2, 0.25) is 0 Å². The van der Waals surface area contributed by atoms with Crippen molar-refractivity contribution in [1.29, 1.82) is 0 Å². The second-order valence-electron chi connectivity index (χ2n) is 4.02. The van der Waals surface area contributed by atoms with Gasteiger partial charge in [-0.05, 0) is 30.5 Å². The molecule has 18 heavy (non-hydrogen) atoms. The fourth-order valence-electron chi connectivity index (χ4n) is 1.62. The fourth-order valence-corrected chi connectivity index (χ4v) is 2.01. The van der Waals surface area contributed by atoms with Crippen molar-refractivity contribution in [2.24, 2.45) is 0 Å². The SMILES string of the molecule is COc1cc(COCCCCCBr)cc(OC)c1. The Morgan fingerprint density at radius 1 is 0.944 bits per heavy atom. The van der Waals surface area contributed by atoms with Gasteiger partial charge in [-0.2, -0.15) is 0 Å². The van der Waals surface area contributed by atoms with Crippen molar-refractivity contribution in [2.45, 2.75) is 25.9 Å². The van der Waals surface area contributed by atoms with E-state index in [2.05, 4.69) is 15.9 Å². The molecule has 0 aliphatic rings. The van der Waals surface area contributed by atoms with Crippen molar-refractivity contribution in [2.75, 3.05) is 26.2 Å². The Labute approximate surface area is 118 Å². The van der Waals surface area contributed by atoms with Gasteiger partial charge < -0.3 is 14.2 Å². The summed E-state index contributed by atoms with van der Waals surface area (Å²) in [4.78, 5) is 0. The number of halogens is 1. The quantitative estimate of drug-likeness (QED) is 0.512. The van der Waals surface area contributed by atoms with E-state index in [1.807, 2.05) is 18.2 Å². The molecule has 0 atom stereocenters. The van der Waals surface area contributed by atoms with Crippen molar-refractivity contribution in [3.05, 3.63) is 23.8 Å². The van der Waals surface area contributed by atoms with Crippen LogP contribution in [0, 0.1) is 0 Å². The summed E-state index contributed by atoms with van der Waals surface area (Å²) in [5.74, 6) is 1.60. The van der Waals surface area contributed by atoms with Gasteiger partial charge >= 0.3 is 0 Å². The molecule has 4 heteroatoms. The van der Waals surface area contributed by atoms with E-state index in [1.54, 1.807) is 14.2 Å². The Hall–Kier alpha value is -0.740. The molecule has 0 N–H and O–H groups in total. The van der Waals surface area contributed by atoms with Gasteiger partial charge in [0.25, 0.3) is 0 Å². The van der Waals surface area contributed by atoms with Crippen LogP contribution in [0.15, 0.2) is 18.2 Å². The molecule has 0 saturated heterocycles. The van der Waals surface area contributed by atoms with Crippen LogP contribution in [0.1, 0.15) is 24.8 Å². The molecule has 0 spiro atoms. The van der Waals surface area contributed by atoms with Crippen LogP contribution in [0.5, 0.6) is 11.5 Å². The van der Waals surface area contributed by atoms with Crippen LogP contribution in [-0.4, -0.2) is 26.2 Å². The second kappa shape index (κ2) is 9.22. The zero-order chi connectivity index (χ0) is 13.2. The number of hydrogen-bond acceptors (Lipinski definition) is 3. The van der Waals surface area contributed by atoms with Gasteiger partial charge in [-0.1, -0.05) is 22.4 Å². The van der Waals surface area contributed by atoms with Crippen molar-refractivity contribution >= 4 is 15.9 Å². The second-order valence-corrected chi connectivity index (χ2v) is 4.82. The zero-order valence-corrected chi connectivity index (χ0v) is 12.7. The lowest BCUT2D eigenvalue weighted by Gasteiger charge is -2.09. The highest BCUT2D eigenvalue weighted by Gasteiger charge is 2.02. The minimum Gasteiger partial charge on any atom is -0.497 e. The Morgan fingerprint density at radius 2 is 1.61 bits per heavy atom. The van der Waals surface area contributed by atoms with E-state index < -0.39 is 0 Å². The lowest BCUT2D eigenvalue weighted by Crippen LogP contribution is -1.97. The third-order valence-electron chi connectivity index (χ3n) is 2.60. The van der Waals surface area contributed by atoms with Crippen LogP contribution >= 0.6 is 15.9 Å². The lowest BCUT2D eigenvalue weighted by molar-refractivity contribution is 0.117. The van der Waals surface area contributed by atoms with Gasteiger partial charge in [0.1, 0.15) is 11.5 Å². The summed E-state index contributed by atoms with van der Waals surface area (Å²) in [5.41, 5.74) is 1.08. The number of unbranched alkanes of at least 4 members (excludes halogenated alkanes) is 2. The smallest absolute Gasteiger partial charge is 0.122 e. The van der Waals surface area contributed by atoms with E-state index >= 15 is 0 Å². The molecular weight excluding hydrogens is 296 g/mol. The van der Waals surface area contributed by atoms with Crippen LogP contribution in [0.25, 0.3) is 0 Å². The monoisotopic (exact) mass is 316 g/mol. The highest BCUT2D eigenvalue weighted by atomic mass is 79.9. The molecule has 102 valence electrons. The molecule has 0 aliphatic heterocycles. The Kier molecular flexibility index (Phi) is 7.85. The Balaban J connectivity index is 2.36. The largest absolute Gasteiger partial charge is 0.497 e. The van der Waals surface area contributed by atoms with Crippen molar-refractivity contribution in [3.8, 4) is 11.5 Å². The molecule has 0 amide bonds. The number of ether oxygens (including phenoxy) is 3. The van der Waals surface area contributed by atoms with Crippen LogP contribution < -0.4 is 9.47 Å². The summed E-state index contributed by atoms with van der Waals surface area (Å²) >= 11 is 3.42. The highest BCUT2D eigenvalue weighted by Crippen LogP contribution is 2.22. The highest BCUT2D eigenvalue weighted by molar-refractivity contribution is 9.09. The molecule has 0 heterocycles. The minimum absolute atomic E-state index is 0.599. The fraction of sp³-hybridized carbons (Fsp3) is 0.571. The van der Waals surface area contributed by atoms with Gasteiger partial charge in [0.2, 0.25) is 0 Å². The molecule has 0 unspecified atom stereocenters. The van der Waals surface area contributed by atoms with Gasteiger partial charge in [0, 0.05) is 18.0 Å². The summed E-state index contributed by atoms with van der Waals surface area (Å²) in [6, 6.07) is 5.81. The van der Waals surface area contributed by atoms with Gasteiger partial charge in [0.15, 0.2) is 0 Å². The average molecular weight is 317 g/mol. The van der Waals surface area contributed by atoms with Crippen molar-refractivity contribution in [3.63, 3.8) is 0 Å². The van der Waals surface area contributed by atoms with Crippen molar-refractivity contribution in [1.82, 2.24) is 0 Å². The predicted octanol–water partition coefficient (Wildman–Crippen LogP) is 3.79. The number of benzene rings is 1. The summed E-state index contributed by atoms with van der Waals surface area (Å²) in [6.45, 7) is 1.40. The maximum absolute atomic E-state index is 5.64. The number of methoxy groups -OCH3 is 2. The normalized spacial score (nSPS) is 10.4. The number of hydrogen-bond donors (Lipinski definition) is 0. The van der Waals surface area contributed by atoms with Gasteiger partial charge in [0.05, 0.1) is 20.8 Å². The van der Waals surface area contributed by atoms with E-state index in [9.17, 15) is 0 Å². The topological polar surface area (TPSA) is 27.7 Å². The maximum atomic E-state index is 5.64. The van der Waals surface area contributed by atoms with Gasteiger partial charge in [-0.3, -0.25) is 0 Å². The minimum atomic E-state index is 0.599. The third-order valence-corrected chi connectivity index (χ3v) is 3.16. The first-order valence-corrected chi connectivity index (χ1v) is 7.28. The Bertz CT molecular complexity index is 320. The first-order chi connectivity index (χ1) is 8.80. The molecule has 0 aromatic heterocycles. The molecule has 0 bridgehead atoms. The van der Waals surface area contributed by atoms with Crippen molar-refractivity contribution < 1.29 is 14.2 Å². The van der Waals surface area contributed by atoms with E-state index in [-0.39, 0.29) is 0 Å². The maximum Gasteiger partial charge on any atom is 0.122 e. The Morgan fingerprint density at radius 3 is 2.17 bits per heavy atom. The predicted molar refractivity (Wildman–Crippen MR) is 76.8 cm³/mol. The van der Waals surface area contributed by atoms with E-state index in [4.69, 9.17) is 14.2 Å². The van der Waals surface area contributed by atoms with E-state index in [0.29, 0.717) is 6.61 Å². The molecule has 1 aromatic rings. The molecule has 1 aromatic carbocycles. The lowest BCUT2D eigenvalue weighted by atomic mass is 10.2. The van der Waals surface area contributed by atoms with Gasteiger partial charge in [-0.25, -0.2) is 0 Å². The number of alkyl halides is 1. The van der Waals surface area contributed by atoms with E-state index in [0.717, 1.165) is 35.4 Å².